The molecule has 2 aromatic carbocycles. The van der Waals surface area contributed by atoms with E-state index < -0.39 is 0 Å². The summed E-state index contributed by atoms with van der Waals surface area (Å²) in [6.45, 7) is 1.79. The molecule has 1 aromatic heterocycles. The van der Waals surface area contributed by atoms with Crippen LogP contribution in [0.4, 0.5) is 4.39 Å². The highest BCUT2D eigenvalue weighted by atomic mass is 32.1. The lowest BCUT2D eigenvalue weighted by Gasteiger charge is -2.25. The molecule has 186 valence electrons. The fraction of sp³-hybridized carbons (Fsp3) is 0.370. The van der Waals surface area contributed by atoms with Gasteiger partial charge in [0.15, 0.2) is 11.5 Å². The van der Waals surface area contributed by atoms with Crippen LogP contribution in [0.3, 0.4) is 0 Å². The molecule has 0 unspecified atom stereocenters. The highest BCUT2D eigenvalue weighted by Gasteiger charge is 2.35. The first-order valence-electron chi connectivity index (χ1n) is 12.3. The Bertz CT molecular complexity index is 1300. The van der Waals surface area contributed by atoms with Crippen LogP contribution in [0.5, 0.6) is 11.5 Å². The Balaban J connectivity index is 1.20. The number of likely N-dealkylation sites (tertiary alicyclic amines) is 1. The molecule has 2 fully saturated rings. The van der Waals surface area contributed by atoms with Crippen LogP contribution in [-0.2, 0) is 0 Å². The summed E-state index contributed by atoms with van der Waals surface area (Å²) < 4.78 is 24.8. The van der Waals surface area contributed by atoms with Crippen molar-refractivity contribution in [1.29, 1.82) is 0 Å². The van der Waals surface area contributed by atoms with E-state index in [-0.39, 0.29) is 23.7 Å². The van der Waals surface area contributed by atoms with Crippen molar-refractivity contribution < 1.29 is 23.5 Å². The number of aromatic nitrogens is 1. The number of carbonyl (C=O) groups is 2. The Labute approximate surface area is 212 Å². The second-order valence-corrected chi connectivity index (χ2v) is 10.4. The predicted octanol–water partition coefficient (Wildman–Crippen LogP) is 4.63. The van der Waals surface area contributed by atoms with Gasteiger partial charge in [-0.2, -0.15) is 0 Å². The largest absolute Gasteiger partial charge is 0.486 e. The number of ether oxygens (including phenoxy) is 2. The number of hydrogen-bond donors (Lipinski definition) is 1. The Morgan fingerprint density at radius 3 is 2.69 bits per heavy atom. The van der Waals surface area contributed by atoms with Crippen molar-refractivity contribution in [2.24, 2.45) is 0 Å². The van der Waals surface area contributed by atoms with Gasteiger partial charge in [-0.25, -0.2) is 9.37 Å². The van der Waals surface area contributed by atoms with Crippen molar-refractivity contribution in [3.05, 3.63) is 64.5 Å². The van der Waals surface area contributed by atoms with Crippen LogP contribution in [0.1, 0.15) is 57.5 Å². The lowest BCUT2D eigenvalue weighted by molar-refractivity contribution is 0.0720. The Morgan fingerprint density at radius 2 is 1.89 bits per heavy atom. The molecule has 3 heterocycles. The molecule has 7 nitrogen and oxygen atoms in total. The van der Waals surface area contributed by atoms with E-state index in [1.165, 1.54) is 23.5 Å². The summed E-state index contributed by atoms with van der Waals surface area (Å²) in [5.41, 5.74) is 1.65. The quantitative estimate of drug-likeness (QED) is 0.526. The Kier molecular flexibility index (Phi) is 6.08. The first-order chi connectivity index (χ1) is 17.6. The van der Waals surface area contributed by atoms with Crippen molar-refractivity contribution in [2.75, 3.05) is 26.3 Å². The predicted molar refractivity (Wildman–Crippen MR) is 133 cm³/mol. The van der Waals surface area contributed by atoms with Gasteiger partial charge in [0.25, 0.3) is 11.8 Å². The number of nitrogens with one attached hydrogen (secondary N) is 1. The van der Waals surface area contributed by atoms with E-state index >= 15 is 0 Å². The summed E-state index contributed by atoms with van der Waals surface area (Å²) in [5.74, 6) is 0.726. The normalized spacial score (nSPS) is 18.8. The minimum Gasteiger partial charge on any atom is -0.486 e. The number of carbonyl (C=O) groups excluding carboxylic acids is 2. The number of hydrogen-bond acceptors (Lipinski definition) is 6. The SMILES string of the molecule is O=C(NC[C@@H]1CCCN1C(=O)c1nc(C2CC2)sc1-c1ccc(F)cc1)c1cccc2c1OCCO2. The van der Waals surface area contributed by atoms with Gasteiger partial charge in [-0.15, -0.1) is 11.3 Å². The molecular formula is C27H26FN3O4S. The molecular weight excluding hydrogens is 481 g/mol. The van der Waals surface area contributed by atoms with Gasteiger partial charge < -0.3 is 19.7 Å². The maximum absolute atomic E-state index is 13.7. The van der Waals surface area contributed by atoms with Gasteiger partial charge in [0.2, 0.25) is 0 Å². The summed E-state index contributed by atoms with van der Waals surface area (Å²) in [7, 11) is 0. The van der Waals surface area contributed by atoms with E-state index in [9.17, 15) is 14.0 Å². The second kappa shape index (κ2) is 9.54. The van der Waals surface area contributed by atoms with Crippen LogP contribution < -0.4 is 14.8 Å². The standard InChI is InChI=1S/C27H26FN3O4S/c28-18-10-8-16(9-11-18)24-22(30-26(36-24)17-6-7-17)27(33)31-12-2-3-19(31)15-29-25(32)20-4-1-5-21-23(20)35-14-13-34-21/h1,4-5,8-11,17,19H,2-3,6-7,12-15H2,(H,29,32)/t19-/m0/s1. The minimum atomic E-state index is -0.314. The van der Waals surface area contributed by atoms with Gasteiger partial charge in [-0.3, -0.25) is 9.59 Å². The highest BCUT2D eigenvalue weighted by molar-refractivity contribution is 7.15. The molecule has 0 bridgehead atoms. The molecule has 1 aliphatic carbocycles. The van der Waals surface area contributed by atoms with Crippen molar-refractivity contribution in [1.82, 2.24) is 15.2 Å². The van der Waals surface area contributed by atoms with Crippen LogP contribution in [0, 0.1) is 5.82 Å². The maximum atomic E-state index is 13.7. The van der Waals surface area contributed by atoms with Crippen molar-refractivity contribution >= 4 is 23.2 Å². The fourth-order valence-electron chi connectivity index (χ4n) is 4.79. The summed E-state index contributed by atoms with van der Waals surface area (Å²) >= 11 is 1.53. The maximum Gasteiger partial charge on any atom is 0.274 e. The van der Waals surface area contributed by atoms with Crippen molar-refractivity contribution in [3.8, 4) is 21.9 Å². The molecule has 36 heavy (non-hydrogen) atoms. The molecule has 1 saturated carbocycles. The fourth-order valence-corrected chi connectivity index (χ4v) is 6.03. The number of nitrogens with zero attached hydrogens (tertiary/aromatic N) is 2. The van der Waals surface area contributed by atoms with E-state index in [0.29, 0.717) is 55.0 Å². The lowest BCUT2D eigenvalue weighted by atomic mass is 10.1. The number of fused-ring (bicyclic) bond motifs is 1. The number of para-hydroxylation sites is 1. The monoisotopic (exact) mass is 507 g/mol. The first kappa shape index (κ1) is 23.0. The molecule has 2 amide bonds. The third kappa shape index (κ3) is 4.43. The molecule has 1 atom stereocenters. The lowest BCUT2D eigenvalue weighted by Crippen LogP contribution is -2.43. The van der Waals surface area contributed by atoms with Crippen molar-refractivity contribution in [3.63, 3.8) is 0 Å². The van der Waals surface area contributed by atoms with Crippen LogP contribution in [0.15, 0.2) is 42.5 Å². The molecule has 3 aromatic rings. The van der Waals surface area contributed by atoms with Gasteiger partial charge in [-0.1, -0.05) is 18.2 Å². The zero-order valence-corrected chi connectivity index (χ0v) is 20.5. The molecule has 0 spiro atoms. The van der Waals surface area contributed by atoms with Gasteiger partial charge in [0.1, 0.15) is 24.7 Å². The molecule has 3 aliphatic rings. The van der Waals surface area contributed by atoms with Crippen LogP contribution in [-0.4, -0.2) is 54.0 Å². The molecule has 0 radical (unpaired) electrons. The first-order valence-corrected chi connectivity index (χ1v) is 13.1. The number of benzene rings is 2. The summed E-state index contributed by atoms with van der Waals surface area (Å²) in [6, 6.07) is 11.3. The minimum absolute atomic E-state index is 0.134. The molecule has 9 heteroatoms. The molecule has 6 rings (SSSR count). The van der Waals surface area contributed by atoms with E-state index in [4.69, 9.17) is 14.5 Å². The number of amides is 2. The van der Waals surface area contributed by atoms with Gasteiger partial charge in [-0.05, 0) is 55.5 Å². The number of halogens is 1. The summed E-state index contributed by atoms with van der Waals surface area (Å²) in [6.07, 6.45) is 3.82. The molecule has 1 N–H and O–H groups in total. The third-order valence-electron chi connectivity index (χ3n) is 6.83. The molecule has 1 saturated heterocycles. The highest BCUT2D eigenvalue weighted by Crippen LogP contribution is 2.45. The van der Waals surface area contributed by atoms with E-state index in [1.54, 1.807) is 30.3 Å². The Hall–Kier alpha value is -3.46. The zero-order chi connectivity index (χ0) is 24.6. The van der Waals surface area contributed by atoms with E-state index in [2.05, 4.69) is 5.32 Å². The zero-order valence-electron chi connectivity index (χ0n) is 19.7. The number of rotatable bonds is 6. The topological polar surface area (TPSA) is 80.8 Å². The van der Waals surface area contributed by atoms with Gasteiger partial charge in [0, 0.05) is 25.0 Å². The van der Waals surface area contributed by atoms with Gasteiger partial charge in [0.05, 0.1) is 15.4 Å². The average Bonchev–Trinajstić information content (AvgIpc) is 3.48. The van der Waals surface area contributed by atoms with E-state index in [1.807, 2.05) is 4.90 Å². The summed E-state index contributed by atoms with van der Waals surface area (Å²) in [4.78, 5) is 34.1. The summed E-state index contributed by atoms with van der Waals surface area (Å²) in [5, 5.41) is 3.96. The third-order valence-corrected chi connectivity index (χ3v) is 8.09. The van der Waals surface area contributed by atoms with E-state index in [0.717, 1.165) is 41.1 Å². The van der Waals surface area contributed by atoms with Crippen LogP contribution >= 0.6 is 11.3 Å². The smallest absolute Gasteiger partial charge is 0.274 e. The van der Waals surface area contributed by atoms with Gasteiger partial charge >= 0.3 is 0 Å². The molecule has 2 aliphatic heterocycles. The van der Waals surface area contributed by atoms with Crippen LogP contribution in [0.2, 0.25) is 0 Å². The van der Waals surface area contributed by atoms with Crippen LogP contribution in [0.25, 0.3) is 10.4 Å². The second-order valence-electron chi connectivity index (χ2n) is 9.35. The Morgan fingerprint density at radius 1 is 1.08 bits per heavy atom. The average molecular weight is 508 g/mol. The number of thiazole rings is 1. The van der Waals surface area contributed by atoms with Crippen molar-refractivity contribution in [2.45, 2.75) is 37.6 Å².